The van der Waals surface area contributed by atoms with Crippen LogP contribution in [0, 0.1) is 0 Å². The molecule has 7 nitrogen and oxygen atoms in total. The predicted octanol–water partition coefficient (Wildman–Crippen LogP) is 3.05. The molecule has 2 aromatic heterocycles. The van der Waals surface area contributed by atoms with Gasteiger partial charge in [0.25, 0.3) is 10.0 Å². The molecule has 1 aromatic carbocycles. The fraction of sp³-hybridized carbons (Fsp3) is 0.318. The highest BCUT2D eigenvalue weighted by atomic mass is 32.2. The van der Waals surface area contributed by atoms with E-state index in [0.717, 1.165) is 24.1 Å². The molecule has 3 aromatic rings. The molecule has 2 saturated carbocycles. The second kappa shape index (κ2) is 6.77. The fourth-order valence-corrected chi connectivity index (χ4v) is 5.23. The first-order chi connectivity index (χ1) is 14.4. The minimum Gasteiger partial charge on any atom is -0.495 e. The van der Waals surface area contributed by atoms with E-state index in [1.165, 1.54) is 6.07 Å². The summed E-state index contributed by atoms with van der Waals surface area (Å²) in [5.41, 5.74) is 1.35. The maximum atomic E-state index is 13.3. The highest BCUT2D eigenvalue weighted by molar-refractivity contribution is 7.90. The van der Waals surface area contributed by atoms with E-state index in [-0.39, 0.29) is 4.90 Å². The predicted molar refractivity (Wildman–Crippen MR) is 111 cm³/mol. The Bertz CT molecular complexity index is 1260. The minimum absolute atomic E-state index is 0.0448. The van der Waals surface area contributed by atoms with Gasteiger partial charge < -0.3 is 4.74 Å². The van der Waals surface area contributed by atoms with Gasteiger partial charge in [0, 0.05) is 23.2 Å². The van der Waals surface area contributed by atoms with Gasteiger partial charge in [0.15, 0.2) is 0 Å². The van der Waals surface area contributed by atoms with Gasteiger partial charge in [-0.25, -0.2) is 13.1 Å². The van der Waals surface area contributed by atoms with Gasteiger partial charge in [0.05, 0.1) is 29.1 Å². The van der Waals surface area contributed by atoms with Crippen LogP contribution in [-0.2, 0) is 20.2 Å². The van der Waals surface area contributed by atoms with Gasteiger partial charge in [-0.05, 0) is 61.6 Å². The van der Waals surface area contributed by atoms with Gasteiger partial charge in [0.1, 0.15) is 5.75 Å². The van der Waals surface area contributed by atoms with Crippen LogP contribution in [0.2, 0.25) is 0 Å². The van der Waals surface area contributed by atoms with Gasteiger partial charge >= 0.3 is 0 Å². The number of aromatic nitrogens is 2. The van der Waals surface area contributed by atoms with E-state index in [9.17, 15) is 13.2 Å². The van der Waals surface area contributed by atoms with Gasteiger partial charge in [-0.15, -0.1) is 0 Å². The van der Waals surface area contributed by atoms with Gasteiger partial charge in [-0.3, -0.25) is 14.8 Å². The molecule has 2 aliphatic carbocycles. The molecule has 1 amide bonds. The van der Waals surface area contributed by atoms with Crippen LogP contribution in [0.1, 0.15) is 42.9 Å². The van der Waals surface area contributed by atoms with Crippen LogP contribution < -0.4 is 9.46 Å². The van der Waals surface area contributed by atoms with Crippen molar-refractivity contribution in [3.63, 3.8) is 0 Å². The molecule has 0 saturated heterocycles. The average Bonchev–Trinajstić information content (AvgIpc) is 3.66. The van der Waals surface area contributed by atoms with Crippen LogP contribution in [-0.4, -0.2) is 31.4 Å². The smallest absolute Gasteiger partial charge is 0.264 e. The van der Waals surface area contributed by atoms with Crippen molar-refractivity contribution < 1.29 is 17.9 Å². The fourth-order valence-electron chi connectivity index (χ4n) is 3.96. The summed E-state index contributed by atoms with van der Waals surface area (Å²) < 4.78 is 33.9. The quantitative estimate of drug-likeness (QED) is 0.654. The molecule has 154 valence electrons. The Labute approximate surface area is 174 Å². The van der Waals surface area contributed by atoms with Crippen molar-refractivity contribution in [3.05, 3.63) is 60.0 Å². The summed E-state index contributed by atoms with van der Waals surface area (Å²) in [6.07, 6.45) is 6.49. The first kappa shape index (κ1) is 19.0. The molecule has 1 N–H and O–H groups in total. The van der Waals surface area contributed by atoms with E-state index in [4.69, 9.17) is 4.74 Å². The third-order valence-electron chi connectivity index (χ3n) is 5.92. The Hall–Kier alpha value is -3.00. The van der Waals surface area contributed by atoms with Crippen molar-refractivity contribution in [1.82, 2.24) is 14.7 Å². The molecule has 30 heavy (non-hydrogen) atoms. The van der Waals surface area contributed by atoms with Crippen molar-refractivity contribution in [1.29, 1.82) is 0 Å². The number of pyridine rings is 2. The number of nitrogens with one attached hydrogen (secondary N) is 1. The average molecular weight is 423 g/mol. The van der Waals surface area contributed by atoms with E-state index in [0.29, 0.717) is 35.4 Å². The Morgan fingerprint density at radius 1 is 1.17 bits per heavy atom. The number of hydrogen-bond acceptors (Lipinski definition) is 6. The van der Waals surface area contributed by atoms with Crippen LogP contribution in [0.5, 0.6) is 5.75 Å². The third-order valence-corrected chi connectivity index (χ3v) is 7.30. The minimum atomic E-state index is -4.06. The molecule has 2 fully saturated rings. The Morgan fingerprint density at radius 2 is 1.97 bits per heavy atom. The molecule has 2 aliphatic rings. The van der Waals surface area contributed by atoms with Crippen molar-refractivity contribution in [2.45, 2.75) is 41.9 Å². The number of rotatable bonds is 6. The summed E-state index contributed by atoms with van der Waals surface area (Å²) in [6, 6.07) is 10.0. The summed E-state index contributed by atoms with van der Waals surface area (Å²) in [4.78, 5) is 22.1. The van der Waals surface area contributed by atoms with Crippen molar-refractivity contribution >= 4 is 26.8 Å². The highest BCUT2D eigenvalue weighted by Crippen LogP contribution is 2.54. The van der Waals surface area contributed by atoms with Gasteiger partial charge in [-0.2, -0.15) is 0 Å². The van der Waals surface area contributed by atoms with Crippen molar-refractivity contribution in [2.75, 3.05) is 7.11 Å². The number of carbonyl (C=O) groups excluding carboxylic acids is 1. The monoisotopic (exact) mass is 423 g/mol. The van der Waals surface area contributed by atoms with Crippen LogP contribution in [0.3, 0.4) is 0 Å². The number of ether oxygens (including phenoxy) is 1. The number of fused-ring (bicyclic) bond motifs is 1. The molecule has 0 spiro atoms. The standard InChI is InChI=1S/C22H21N3O4S/c1-29-15-12-17(20(24-13-15)14-7-8-14)22(9-10-22)21(26)25-30(27,28)19-6-2-5-18-16(19)4-3-11-23-18/h2-6,11-14H,7-10H2,1H3,(H,25,26). The van der Waals surface area contributed by atoms with Crippen LogP contribution in [0.25, 0.3) is 10.9 Å². The number of nitrogens with zero attached hydrogens (tertiary/aromatic N) is 2. The Kier molecular flexibility index (Phi) is 4.28. The zero-order valence-corrected chi connectivity index (χ0v) is 17.3. The molecule has 0 unspecified atom stereocenters. The highest BCUT2D eigenvalue weighted by Gasteiger charge is 2.55. The lowest BCUT2D eigenvalue weighted by atomic mass is 9.92. The van der Waals surface area contributed by atoms with Crippen molar-refractivity contribution in [2.24, 2.45) is 0 Å². The van der Waals surface area contributed by atoms with Gasteiger partial charge in [0.2, 0.25) is 5.91 Å². The molecule has 5 rings (SSSR count). The molecular weight excluding hydrogens is 402 g/mol. The maximum Gasteiger partial charge on any atom is 0.264 e. The number of sulfonamides is 1. The molecule has 0 radical (unpaired) electrons. The van der Waals surface area contributed by atoms with E-state index >= 15 is 0 Å². The second-order valence-electron chi connectivity index (χ2n) is 7.93. The lowest BCUT2D eigenvalue weighted by molar-refractivity contribution is -0.121. The Balaban J connectivity index is 1.51. The van der Waals surface area contributed by atoms with Crippen LogP contribution in [0.15, 0.2) is 53.7 Å². The normalized spacial score (nSPS) is 17.5. The van der Waals surface area contributed by atoms with Gasteiger partial charge in [-0.1, -0.05) is 6.07 Å². The van der Waals surface area contributed by atoms with E-state index in [1.54, 1.807) is 43.8 Å². The summed E-state index contributed by atoms with van der Waals surface area (Å²) in [5.74, 6) is 0.383. The maximum absolute atomic E-state index is 13.3. The molecule has 8 heteroatoms. The zero-order valence-electron chi connectivity index (χ0n) is 16.5. The van der Waals surface area contributed by atoms with E-state index < -0.39 is 21.3 Å². The number of methoxy groups -OCH3 is 1. The number of hydrogen-bond donors (Lipinski definition) is 1. The lowest BCUT2D eigenvalue weighted by Gasteiger charge is -2.20. The molecule has 0 atom stereocenters. The lowest BCUT2D eigenvalue weighted by Crippen LogP contribution is -2.39. The molecular formula is C22H21N3O4S. The SMILES string of the molecule is COc1cnc(C2CC2)c(C2(C(=O)NS(=O)(=O)c3cccc4ncccc34)CC2)c1. The third kappa shape index (κ3) is 3.11. The Morgan fingerprint density at radius 3 is 2.67 bits per heavy atom. The van der Waals surface area contributed by atoms with Crippen LogP contribution >= 0.6 is 0 Å². The summed E-state index contributed by atoms with van der Waals surface area (Å²) in [5, 5.41) is 0.479. The molecule has 2 heterocycles. The first-order valence-corrected chi connectivity index (χ1v) is 11.4. The second-order valence-corrected chi connectivity index (χ2v) is 9.58. The number of amides is 1. The van der Waals surface area contributed by atoms with E-state index in [1.807, 2.05) is 6.07 Å². The van der Waals surface area contributed by atoms with Crippen LogP contribution in [0.4, 0.5) is 0 Å². The first-order valence-electron chi connectivity index (χ1n) is 9.90. The zero-order chi connectivity index (χ0) is 20.9. The largest absolute Gasteiger partial charge is 0.495 e. The molecule has 0 bridgehead atoms. The van der Waals surface area contributed by atoms with Crippen molar-refractivity contribution in [3.8, 4) is 5.75 Å². The topological polar surface area (TPSA) is 98.2 Å². The number of carbonyl (C=O) groups is 1. The molecule has 0 aliphatic heterocycles. The number of benzene rings is 1. The summed E-state index contributed by atoms with van der Waals surface area (Å²) in [7, 11) is -2.51. The summed E-state index contributed by atoms with van der Waals surface area (Å²) >= 11 is 0. The summed E-state index contributed by atoms with van der Waals surface area (Å²) in [6.45, 7) is 0. The van der Waals surface area contributed by atoms with E-state index in [2.05, 4.69) is 14.7 Å².